The number of aryl methyl sites for hydroxylation is 1. The number of aromatic nitrogens is 3. The van der Waals surface area contributed by atoms with Crippen LogP contribution in [0, 0.1) is 0 Å². The van der Waals surface area contributed by atoms with E-state index < -0.39 is 16.1 Å². The molecule has 0 saturated heterocycles. The second kappa shape index (κ2) is 5.94. The van der Waals surface area contributed by atoms with Crippen LogP contribution in [-0.2, 0) is 16.4 Å². The maximum atomic E-state index is 11.9. The smallest absolute Gasteiger partial charge is 0.212 e. The lowest BCUT2D eigenvalue weighted by atomic mass is 10.2. The van der Waals surface area contributed by atoms with Crippen molar-refractivity contribution in [2.45, 2.75) is 19.4 Å². The van der Waals surface area contributed by atoms with E-state index in [1.807, 2.05) is 30.3 Å². The fourth-order valence-corrected chi connectivity index (χ4v) is 2.98. The summed E-state index contributed by atoms with van der Waals surface area (Å²) in [7, 11) is -3.34. The molecule has 1 aromatic carbocycles. The van der Waals surface area contributed by atoms with E-state index in [2.05, 4.69) is 19.9 Å². The summed E-state index contributed by atoms with van der Waals surface area (Å²) in [6.07, 6.45) is 1.84. The van der Waals surface area contributed by atoms with Gasteiger partial charge in [-0.15, -0.1) is 0 Å². The standard InChI is InChI=1S/C12H16N4O2S/c1-10(12-13-9-14-15-12)16-19(17,18)8-7-11-5-3-2-4-6-11/h2-6,9-10,16H,7-8H2,1H3,(H,13,14,15). The molecule has 2 N–H and O–H groups in total. The van der Waals surface area contributed by atoms with Gasteiger partial charge in [-0.05, 0) is 18.9 Å². The van der Waals surface area contributed by atoms with Gasteiger partial charge in [0.15, 0.2) is 0 Å². The Kier molecular flexibility index (Phi) is 4.28. The summed E-state index contributed by atoms with van der Waals surface area (Å²) >= 11 is 0. The van der Waals surface area contributed by atoms with E-state index in [9.17, 15) is 8.42 Å². The molecule has 1 aromatic heterocycles. The molecule has 0 aliphatic heterocycles. The van der Waals surface area contributed by atoms with Gasteiger partial charge < -0.3 is 0 Å². The van der Waals surface area contributed by atoms with Crippen LogP contribution in [0.15, 0.2) is 36.7 Å². The van der Waals surface area contributed by atoms with Gasteiger partial charge in [0.05, 0.1) is 11.8 Å². The molecule has 0 saturated carbocycles. The Morgan fingerprint density at radius 1 is 1.32 bits per heavy atom. The van der Waals surface area contributed by atoms with Crippen LogP contribution in [0.3, 0.4) is 0 Å². The molecule has 6 nitrogen and oxygen atoms in total. The fraction of sp³-hybridized carbons (Fsp3) is 0.333. The first kappa shape index (κ1) is 13.7. The third kappa shape index (κ3) is 4.15. The fourth-order valence-electron chi connectivity index (χ4n) is 1.70. The Bertz CT molecular complexity index is 596. The summed E-state index contributed by atoms with van der Waals surface area (Å²) in [5.41, 5.74) is 1.00. The molecule has 0 amide bonds. The van der Waals surface area contributed by atoms with Gasteiger partial charge in [0, 0.05) is 0 Å². The Balaban J connectivity index is 1.92. The number of hydrogen-bond acceptors (Lipinski definition) is 4. The van der Waals surface area contributed by atoms with Crippen molar-refractivity contribution in [2.75, 3.05) is 5.75 Å². The minimum atomic E-state index is -3.34. The Hall–Kier alpha value is -1.73. The van der Waals surface area contributed by atoms with Gasteiger partial charge in [-0.2, -0.15) is 5.10 Å². The lowest BCUT2D eigenvalue weighted by molar-refractivity contribution is 0.559. The van der Waals surface area contributed by atoms with Crippen molar-refractivity contribution in [3.63, 3.8) is 0 Å². The Labute approximate surface area is 112 Å². The molecule has 0 aliphatic rings. The number of nitrogens with one attached hydrogen (secondary N) is 2. The monoisotopic (exact) mass is 280 g/mol. The lowest BCUT2D eigenvalue weighted by Crippen LogP contribution is -2.30. The molecule has 0 spiro atoms. The zero-order valence-corrected chi connectivity index (χ0v) is 11.4. The number of aromatic amines is 1. The Morgan fingerprint density at radius 2 is 2.05 bits per heavy atom. The highest BCUT2D eigenvalue weighted by molar-refractivity contribution is 7.89. The summed E-state index contributed by atoms with van der Waals surface area (Å²) < 4.78 is 26.4. The zero-order chi connectivity index (χ0) is 13.7. The van der Waals surface area contributed by atoms with Crippen LogP contribution in [0.4, 0.5) is 0 Å². The van der Waals surface area contributed by atoms with Crippen LogP contribution < -0.4 is 4.72 Å². The summed E-state index contributed by atoms with van der Waals surface area (Å²) in [4.78, 5) is 3.93. The molecular weight excluding hydrogens is 264 g/mol. The van der Waals surface area contributed by atoms with E-state index in [1.54, 1.807) is 6.92 Å². The Morgan fingerprint density at radius 3 is 2.68 bits per heavy atom. The van der Waals surface area contributed by atoms with Crippen molar-refractivity contribution in [1.29, 1.82) is 0 Å². The first-order valence-electron chi connectivity index (χ1n) is 5.96. The summed E-state index contributed by atoms with van der Waals surface area (Å²) in [6, 6.07) is 9.11. The lowest BCUT2D eigenvalue weighted by Gasteiger charge is -2.11. The van der Waals surface area contributed by atoms with Crippen molar-refractivity contribution in [3.8, 4) is 0 Å². The molecule has 1 unspecified atom stereocenters. The van der Waals surface area contributed by atoms with Gasteiger partial charge in [0.2, 0.25) is 10.0 Å². The SMILES string of the molecule is CC(NS(=O)(=O)CCc1ccccc1)c1ncn[nH]1. The minimum Gasteiger partial charge on any atom is -0.262 e. The molecule has 0 aliphatic carbocycles. The molecule has 1 heterocycles. The second-order valence-electron chi connectivity index (χ2n) is 4.26. The number of rotatable bonds is 6. The van der Waals surface area contributed by atoms with Crippen LogP contribution in [-0.4, -0.2) is 29.4 Å². The van der Waals surface area contributed by atoms with Crippen LogP contribution in [0.5, 0.6) is 0 Å². The number of H-pyrrole nitrogens is 1. The van der Waals surface area contributed by atoms with Gasteiger partial charge in [0.1, 0.15) is 12.2 Å². The molecule has 1 atom stereocenters. The molecule has 0 fully saturated rings. The third-order valence-corrected chi connectivity index (χ3v) is 4.16. The van der Waals surface area contributed by atoms with E-state index in [4.69, 9.17) is 0 Å². The van der Waals surface area contributed by atoms with Crippen molar-refractivity contribution < 1.29 is 8.42 Å². The second-order valence-corrected chi connectivity index (χ2v) is 6.14. The van der Waals surface area contributed by atoms with Crippen molar-refractivity contribution in [3.05, 3.63) is 48.0 Å². The van der Waals surface area contributed by atoms with Gasteiger partial charge >= 0.3 is 0 Å². The molecule has 19 heavy (non-hydrogen) atoms. The number of benzene rings is 1. The molecular formula is C12H16N4O2S. The van der Waals surface area contributed by atoms with Crippen LogP contribution >= 0.6 is 0 Å². The quantitative estimate of drug-likeness (QED) is 0.827. The zero-order valence-electron chi connectivity index (χ0n) is 10.6. The van der Waals surface area contributed by atoms with Crippen molar-refractivity contribution in [2.24, 2.45) is 0 Å². The summed E-state index contributed by atoms with van der Waals surface area (Å²) in [5.74, 6) is 0.554. The van der Waals surface area contributed by atoms with Crippen molar-refractivity contribution >= 4 is 10.0 Å². The van der Waals surface area contributed by atoms with Crippen molar-refractivity contribution in [1.82, 2.24) is 19.9 Å². The van der Waals surface area contributed by atoms with Crippen LogP contribution in [0.2, 0.25) is 0 Å². The molecule has 2 rings (SSSR count). The maximum absolute atomic E-state index is 11.9. The van der Waals surface area contributed by atoms with E-state index in [-0.39, 0.29) is 5.75 Å². The molecule has 7 heteroatoms. The first-order chi connectivity index (χ1) is 9.07. The number of nitrogens with zero attached hydrogens (tertiary/aromatic N) is 2. The molecule has 0 bridgehead atoms. The van der Waals surface area contributed by atoms with E-state index in [0.29, 0.717) is 12.2 Å². The van der Waals surface area contributed by atoms with Gasteiger partial charge in [-0.25, -0.2) is 18.1 Å². The summed E-state index contributed by atoms with van der Waals surface area (Å²) in [5, 5.41) is 6.34. The number of sulfonamides is 1. The number of hydrogen-bond donors (Lipinski definition) is 2. The van der Waals surface area contributed by atoms with Crippen LogP contribution in [0.1, 0.15) is 24.4 Å². The summed E-state index contributed by atoms with van der Waals surface area (Å²) in [6.45, 7) is 1.72. The minimum absolute atomic E-state index is 0.0511. The predicted molar refractivity (Wildman–Crippen MR) is 71.9 cm³/mol. The van der Waals surface area contributed by atoms with Gasteiger partial charge in [-0.1, -0.05) is 30.3 Å². The maximum Gasteiger partial charge on any atom is 0.212 e. The predicted octanol–water partition coefficient (Wildman–Crippen LogP) is 1.03. The van der Waals surface area contributed by atoms with Gasteiger partial charge in [0.25, 0.3) is 0 Å². The molecule has 102 valence electrons. The third-order valence-electron chi connectivity index (χ3n) is 2.70. The highest BCUT2D eigenvalue weighted by Crippen LogP contribution is 2.08. The van der Waals surface area contributed by atoms with E-state index >= 15 is 0 Å². The van der Waals surface area contributed by atoms with Gasteiger partial charge in [-0.3, -0.25) is 5.10 Å². The van der Waals surface area contributed by atoms with Crippen LogP contribution in [0.25, 0.3) is 0 Å². The normalized spacial score (nSPS) is 13.3. The van der Waals surface area contributed by atoms with E-state index in [1.165, 1.54) is 6.33 Å². The topological polar surface area (TPSA) is 87.7 Å². The highest BCUT2D eigenvalue weighted by atomic mass is 32.2. The largest absolute Gasteiger partial charge is 0.262 e. The molecule has 0 radical (unpaired) electrons. The first-order valence-corrected chi connectivity index (χ1v) is 7.61. The highest BCUT2D eigenvalue weighted by Gasteiger charge is 2.17. The average molecular weight is 280 g/mol. The molecule has 2 aromatic rings. The average Bonchev–Trinajstić information content (AvgIpc) is 2.91. The van der Waals surface area contributed by atoms with E-state index in [0.717, 1.165) is 5.56 Å².